The highest BCUT2D eigenvalue weighted by Gasteiger charge is 2.31. The summed E-state index contributed by atoms with van der Waals surface area (Å²) in [5.74, 6) is 0.295. The largest absolute Gasteiger partial charge is 0.494 e. The van der Waals surface area contributed by atoms with Crippen LogP contribution in [-0.2, 0) is 38.1 Å². The predicted octanol–water partition coefficient (Wildman–Crippen LogP) is 17.4. The summed E-state index contributed by atoms with van der Waals surface area (Å²) < 4.78 is 49.8. The van der Waals surface area contributed by atoms with Crippen molar-refractivity contribution in [1.82, 2.24) is 19.9 Å². The van der Waals surface area contributed by atoms with Gasteiger partial charge in [-0.1, -0.05) is 146 Å². The Balaban J connectivity index is 0.630. The molecule has 4 aromatic heterocycles. The number of hydrogen-bond acceptors (Lipinski definition) is 16. The van der Waals surface area contributed by atoms with Crippen LogP contribution >= 0.6 is 0 Å². The Morgan fingerprint density at radius 1 is 0.180 bits per heavy atom. The van der Waals surface area contributed by atoms with E-state index in [9.17, 15) is 38.4 Å². The minimum atomic E-state index is -0.574. The molecular weight excluding hydrogens is 1610 g/mol. The molecule has 0 amide bonds. The summed E-state index contributed by atoms with van der Waals surface area (Å²) in [5, 5.41) is 3.44. The molecule has 128 heavy (non-hydrogen) atoms. The molecule has 4 aliphatic carbocycles. The smallest absolute Gasteiger partial charge is 0.233 e. The van der Waals surface area contributed by atoms with Crippen LogP contribution in [0.15, 0.2) is 267 Å². The number of nitrogens with one attached hydrogen (secondary N) is 4. The number of hydrogen-bond donors (Lipinski definition) is 4. The van der Waals surface area contributed by atoms with E-state index in [0.717, 1.165) is 214 Å². The van der Waals surface area contributed by atoms with E-state index in [1.54, 1.807) is 72.8 Å². The van der Waals surface area contributed by atoms with E-state index >= 15 is 0 Å². The maximum atomic E-state index is 12.5. The van der Waals surface area contributed by atoms with Gasteiger partial charge in [0.2, 0.25) is 46.3 Å². The fourth-order valence-corrected chi connectivity index (χ4v) is 16.8. The molecule has 0 spiro atoms. The summed E-state index contributed by atoms with van der Waals surface area (Å²) in [7, 11) is 0. The average Bonchev–Trinajstić information content (AvgIpc) is 1.60. The van der Waals surface area contributed by atoms with E-state index < -0.39 is 46.3 Å². The Bertz CT molecular complexity index is 5840. The highest BCUT2D eigenvalue weighted by Crippen LogP contribution is 2.35. The quantitative estimate of drug-likeness (QED) is 0.0205. The minimum Gasteiger partial charge on any atom is -0.494 e. The average molecular weight is 1710 g/mol. The summed E-state index contributed by atoms with van der Waals surface area (Å²) in [6.45, 7) is 3.70. The van der Waals surface area contributed by atoms with Gasteiger partial charge in [-0.25, -0.2) is 0 Å². The molecule has 0 atom stereocenters. The van der Waals surface area contributed by atoms with Crippen LogP contribution in [0.1, 0.15) is 211 Å². The fraction of sp³-hybridized carbons (Fsp3) is 0.222. The molecule has 0 fully saturated rings. The lowest BCUT2D eigenvalue weighted by atomic mass is 9.94. The normalized spacial score (nSPS) is 14.0. The number of aromatic amines is 4. The maximum Gasteiger partial charge on any atom is 0.233 e. The van der Waals surface area contributed by atoms with Crippen molar-refractivity contribution in [2.75, 3.05) is 52.9 Å². The SMILES string of the molecule is O=C1C=C(OCCCCCCOc2ccc(C3=c4ccc([nH]4)=C(c4ccc(OCCCCCCOC5=CC(=O)C(=O)c6ccccc65)cc4)c4ccc([nH]4)C(c4ccc(OCCCCCCOC5=CC(=O)C(=O)c6ccccc65)cc4)=c4ccc([nH]4)=C(c4ccc(OCCCCCCOC5=CC(=O)C(=O)c6ccccc65)cc4)c4ccc3[nH]4)cc2)c2ccccc2C1=O. The van der Waals surface area contributed by atoms with Crippen LogP contribution in [0.2, 0.25) is 0 Å². The number of ether oxygens (including phenoxy) is 8. The van der Waals surface area contributed by atoms with Gasteiger partial charge in [0.25, 0.3) is 0 Å². The highest BCUT2D eigenvalue weighted by molar-refractivity contribution is 6.52. The minimum absolute atomic E-state index is 0.367. The zero-order valence-corrected chi connectivity index (χ0v) is 70.9. The first-order chi connectivity index (χ1) is 62.8. The third kappa shape index (κ3) is 19.7. The van der Waals surface area contributed by atoms with E-state index in [0.29, 0.717) is 120 Å². The van der Waals surface area contributed by atoms with Gasteiger partial charge in [-0.15, -0.1) is 0 Å². The topological polar surface area (TPSA) is 274 Å². The van der Waals surface area contributed by atoms with Crippen LogP contribution in [-0.4, -0.2) is 119 Å². The number of fused-ring (bicyclic) bond motifs is 12. The van der Waals surface area contributed by atoms with Crippen LogP contribution in [0.5, 0.6) is 23.0 Å². The Morgan fingerprint density at radius 3 is 0.570 bits per heavy atom. The van der Waals surface area contributed by atoms with E-state index in [-0.39, 0.29) is 0 Å². The number of ketones is 8. The monoisotopic (exact) mass is 1700 g/mol. The van der Waals surface area contributed by atoms with Gasteiger partial charge in [0, 0.05) is 135 Å². The molecule has 0 radical (unpaired) electrons. The summed E-state index contributed by atoms with van der Waals surface area (Å²) in [4.78, 5) is 116. The Labute approximate surface area is 740 Å². The molecule has 1 aliphatic heterocycles. The van der Waals surface area contributed by atoms with Crippen molar-refractivity contribution >= 4 is 91.6 Å². The van der Waals surface area contributed by atoms with Gasteiger partial charge in [0.15, 0.2) is 0 Å². The zero-order chi connectivity index (χ0) is 87.7. The van der Waals surface area contributed by atoms with Crippen molar-refractivity contribution in [2.45, 2.75) is 103 Å². The lowest BCUT2D eigenvalue weighted by Gasteiger charge is -2.16. The third-order valence-electron chi connectivity index (χ3n) is 23.4. The van der Waals surface area contributed by atoms with Gasteiger partial charge in [-0.05, 0) is 222 Å². The van der Waals surface area contributed by atoms with Crippen LogP contribution in [0.4, 0.5) is 0 Å². The molecule has 0 unspecified atom stereocenters. The molecule has 20 heteroatoms. The van der Waals surface area contributed by atoms with E-state index in [1.807, 2.05) is 72.8 Å². The summed E-state index contributed by atoms with van der Waals surface area (Å²) in [6, 6.07) is 78.2. The lowest BCUT2D eigenvalue weighted by Crippen LogP contribution is -2.19. The molecule has 12 aromatic rings. The second kappa shape index (κ2) is 40.4. The molecule has 8 bridgehead atoms. The first-order valence-electron chi connectivity index (χ1n) is 44.1. The molecule has 0 saturated heterocycles. The van der Waals surface area contributed by atoms with Crippen LogP contribution in [0, 0.1) is 0 Å². The van der Waals surface area contributed by atoms with Crippen molar-refractivity contribution < 1.29 is 76.3 Å². The van der Waals surface area contributed by atoms with Gasteiger partial charge >= 0.3 is 0 Å². The van der Waals surface area contributed by atoms with Gasteiger partial charge < -0.3 is 57.8 Å². The second-order valence-corrected chi connectivity index (χ2v) is 32.2. The van der Waals surface area contributed by atoms with Crippen LogP contribution in [0.3, 0.4) is 0 Å². The first kappa shape index (κ1) is 85.3. The molecule has 5 aliphatic rings. The van der Waals surface area contributed by atoms with Crippen molar-refractivity contribution in [3.05, 3.63) is 378 Å². The molecule has 644 valence electrons. The molecule has 4 N–H and O–H groups in total. The van der Waals surface area contributed by atoms with Crippen LogP contribution in [0.25, 0.3) is 45.3 Å². The Morgan fingerprint density at radius 2 is 0.367 bits per heavy atom. The summed E-state index contributed by atoms with van der Waals surface area (Å²) in [6.07, 6.45) is 18.7. The van der Waals surface area contributed by atoms with Crippen molar-refractivity contribution in [2.24, 2.45) is 0 Å². The second-order valence-electron chi connectivity index (χ2n) is 32.2. The standard InChI is InChI=1S/C108H96N4O16/c113-93-65-97(77-25-9-13-29-81(77)105(93)117)125-61-21-5-1-17-57-121-73-41-33-69(34-42-73)101-85-49-51-87(109-85)102(70-35-43-74(44-36-70)122-58-18-2-6-22-62-126-98-66-94(114)106(118)82-30-14-10-26-78(82)98)89-53-55-91(111-89)104(72-39-47-76(48-40-72)124-60-20-4-8-24-64-128-100-68-96(116)108(120)84-32-16-12-28-80(84)100)92-56-54-90(112-92)103(88-52-50-86(101)110-88)71-37-45-75(46-38-71)123-59-19-3-7-23-63-127-99-67-95(115)107(119)83-31-15-11-27-79(83)99/h9-16,25-56,65-68,109-112H,1-8,17-24,57-64H2. The number of aromatic nitrogens is 4. The van der Waals surface area contributed by atoms with E-state index in [1.165, 1.54) is 24.3 Å². The predicted molar refractivity (Wildman–Crippen MR) is 489 cm³/mol. The molecular formula is C108H96N4O16. The number of carbonyl (C=O) groups is 8. The fourth-order valence-electron chi connectivity index (χ4n) is 16.8. The summed E-state index contributed by atoms with van der Waals surface area (Å²) in [5.41, 5.74) is 14.9. The van der Waals surface area contributed by atoms with Gasteiger partial charge in [0.1, 0.15) is 46.0 Å². The molecule has 0 saturated carbocycles. The third-order valence-corrected chi connectivity index (χ3v) is 23.4. The Kier molecular flexibility index (Phi) is 26.9. The lowest BCUT2D eigenvalue weighted by molar-refractivity contribution is -0.111. The zero-order valence-electron chi connectivity index (χ0n) is 70.9. The number of rotatable bonds is 40. The Hall–Kier alpha value is -14.9. The maximum absolute atomic E-state index is 12.5. The molecule has 5 heterocycles. The van der Waals surface area contributed by atoms with E-state index in [4.69, 9.17) is 37.9 Å². The molecule has 20 nitrogen and oxygen atoms in total. The van der Waals surface area contributed by atoms with Crippen molar-refractivity contribution in [3.8, 4) is 23.0 Å². The van der Waals surface area contributed by atoms with Crippen molar-refractivity contribution in [1.29, 1.82) is 0 Å². The number of H-pyrrole nitrogens is 4. The van der Waals surface area contributed by atoms with Crippen LogP contribution < -0.4 is 40.3 Å². The number of Topliss-reactive ketones (excluding diaryl/α,β-unsaturated/α-hetero) is 4. The number of carbonyl (C=O) groups excluding carboxylic acids is 8. The highest BCUT2D eigenvalue weighted by atomic mass is 16.5. The molecule has 17 rings (SSSR count). The van der Waals surface area contributed by atoms with Crippen molar-refractivity contribution in [3.63, 3.8) is 0 Å². The molecule has 8 aromatic carbocycles. The number of allylic oxidation sites excluding steroid dienone is 4. The number of benzene rings is 8. The van der Waals surface area contributed by atoms with Gasteiger partial charge in [-0.3, -0.25) is 38.4 Å². The van der Waals surface area contributed by atoms with E-state index in [2.05, 4.69) is 117 Å². The number of unbranched alkanes of at least 4 members (excludes halogenated alkanes) is 12. The van der Waals surface area contributed by atoms with Gasteiger partial charge in [0.05, 0.1) is 52.9 Å². The first-order valence-corrected chi connectivity index (χ1v) is 44.1. The van der Waals surface area contributed by atoms with Gasteiger partial charge in [-0.2, -0.15) is 0 Å². The summed E-state index contributed by atoms with van der Waals surface area (Å²) >= 11 is 0.